The van der Waals surface area contributed by atoms with Crippen LogP contribution in [0.25, 0.3) is 0 Å². The summed E-state index contributed by atoms with van der Waals surface area (Å²) >= 11 is 0. The second kappa shape index (κ2) is 11.1. The number of fused-ring (bicyclic) bond motifs is 1. The first-order valence-corrected chi connectivity index (χ1v) is 9.52. The van der Waals surface area contributed by atoms with Crippen molar-refractivity contribution in [2.24, 2.45) is 0 Å². The zero-order valence-corrected chi connectivity index (χ0v) is 16.5. The molecule has 3 N–H and O–H groups in total. The highest BCUT2D eigenvalue weighted by molar-refractivity contribution is 5.85. The van der Waals surface area contributed by atoms with Crippen molar-refractivity contribution in [1.82, 2.24) is 25.8 Å². The molecule has 1 fully saturated rings. The first-order valence-electron chi connectivity index (χ1n) is 9.52. The van der Waals surface area contributed by atoms with E-state index in [1.165, 1.54) is 11.1 Å². The molecule has 1 aromatic carbocycles. The first-order chi connectivity index (χ1) is 12.7. The number of hydrogen-bond acceptors (Lipinski definition) is 4. The Hall–Kier alpha value is -1.83. The zero-order chi connectivity index (χ0) is 18.2. The number of rotatable bonds is 6. The van der Waals surface area contributed by atoms with Gasteiger partial charge < -0.3 is 20.9 Å². The lowest BCUT2D eigenvalue weighted by atomic mass is 10.0. The summed E-state index contributed by atoms with van der Waals surface area (Å²) in [6, 6.07) is 8.14. The Kier molecular flexibility index (Phi) is 8.84. The topological polar surface area (TPSA) is 76.7 Å². The van der Waals surface area contributed by atoms with Crippen molar-refractivity contribution in [2.75, 3.05) is 52.4 Å². The fourth-order valence-electron chi connectivity index (χ4n) is 3.44. The van der Waals surface area contributed by atoms with Gasteiger partial charge in [-0.1, -0.05) is 24.3 Å². The number of nitrogens with zero attached hydrogens (tertiary/aromatic N) is 2. The predicted molar refractivity (Wildman–Crippen MR) is 108 cm³/mol. The Bertz CT molecular complexity index is 622. The number of hydrogen-bond donors (Lipinski definition) is 3. The van der Waals surface area contributed by atoms with Gasteiger partial charge in [-0.3, -0.25) is 9.69 Å². The minimum atomic E-state index is -0.0897. The molecule has 2 aliphatic heterocycles. The highest BCUT2D eigenvalue weighted by Crippen LogP contribution is 2.18. The Morgan fingerprint density at radius 2 is 1.74 bits per heavy atom. The lowest BCUT2D eigenvalue weighted by Crippen LogP contribution is -2.46. The van der Waals surface area contributed by atoms with Gasteiger partial charge in [0.2, 0.25) is 5.91 Å². The molecule has 8 heteroatoms. The maximum atomic E-state index is 12.3. The smallest absolute Gasteiger partial charge is 0.317 e. The van der Waals surface area contributed by atoms with Crippen LogP contribution in [0.15, 0.2) is 24.3 Å². The van der Waals surface area contributed by atoms with Crippen molar-refractivity contribution in [3.8, 4) is 0 Å². The summed E-state index contributed by atoms with van der Waals surface area (Å²) in [7, 11) is 0. The van der Waals surface area contributed by atoms with E-state index in [2.05, 4.69) is 33.0 Å². The number of urea groups is 1. The summed E-state index contributed by atoms with van der Waals surface area (Å²) in [6.07, 6.45) is 1.20. The van der Waals surface area contributed by atoms with Crippen LogP contribution in [0.4, 0.5) is 4.79 Å². The first kappa shape index (κ1) is 21.5. The van der Waals surface area contributed by atoms with Crippen molar-refractivity contribution >= 4 is 24.3 Å². The molecule has 3 amide bonds. The van der Waals surface area contributed by atoms with Gasteiger partial charge in [0, 0.05) is 65.3 Å². The van der Waals surface area contributed by atoms with E-state index < -0.39 is 0 Å². The number of amides is 3. The van der Waals surface area contributed by atoms with Crippen LogP contribution in [0.1, 0.15) is 17.5 Å². The fraction of sp³-hybridized carbons (Fsp3) is 0.579. The average molecular weight is 396 g/mol. The molecule has 0 atom stereocenters. The molecule has 0 spiro atoms. The molecule has 2 aliphatic rings. The van der Waals surface area contributed by atoms with Crippen LogP contribution in [0.5, 0.6) is 0 Å². The highest BCUT2D eigenvalue weighted by atomic mass is 35.5. The minimum absolute atomic E-state index is 0. The van der Waals surface area contributed by atoms with E-state index in [9.17, 15) is 9.59 Å². The van der Waals surface area contributed by atoms with Gasteiger partial charge in [-0.25, -0.2) is 4.79 Å². The summed E-state index contributed by atoms with van der Waals surface area (Å²) in [5.41, 5.74) is 2.53. The van der Waals surface area contributed by atoms with Crippen molar-refractivity contribution in [3.63, 3.8) is 0 Å². The van der Waals surface area contributed by atoms with Crippen LogP contribution in [0.3, 0.4) is 0 Å². The van der Waals surface area contributed by atoms with Gasteiger partial charge in [-0.05, 0) is 17.5 Å². The van der Waals surface area contributed by atoms with Crippen molar-refractivity contribution in [1.29, 1.82) is 0 Å². The van der Waals surface area contributed by atoms with Gasteiger partial charge in [0.25, 0.3) is 0 Å². The van der Waals surface area contributed by atoms with Gasteiger partial charge >= 0.3 is 6.03 Å². The van der Waals surface area contributed by atoms with Crippen LogP contribution in [0, 0.1) is 0 Å². The van der Waals surface area contributed by atoms with Gasteiger partial charge in [0.05, 0.1) is 0 Å². The zero-order valence-electron chi connectivity index (χ0n) is 15.7. The molecule has 2 heterocycles. The number of piperazine rings is 1. The molecular weight excluding hydrogens is 366 g/mol. The third-order valence-electron chi connectivity index (χ3n) is 5.01. The number of nitrogens with one attached hydrogen (secondary N) is 3. The molecule has 0 bridgehead atoms. The quantitative estimate of drug-likeness (QED) is 0.658. The third kappa shape index (κ3) is 6.68. The number of benzene rings is 1. The molecule has 1 saturated heterocycles. The number of halogens is 1. The summed E-state index contributed by atoms with van der Waals surface area (Å²) < 4.78 is 0. The largest absolute Gasteiger partial charge is 0.355 e. The highest BCUT2D eigenvalue weighted by Gasteiger charge is 2.20. The number of carbonyl (C=O) groups is 2. The molecule has 27 heavy (non-hydrogen) atoms. The second-order valence-electron chi connectivity index (χ2n) is 6.86. The van der Waals surface area contributed by atoms with Gasteiger partial charge in [-0.2, -0.15) is 0 Å². The van der Waals surface area contributed by atoms with E-state index in [1.807, 2.05) is 17.0 Å². The monoisotopic (exact) mass is 395 g/mol. The Morgan fingerprint density at radius 3 is 2.52 bits per heavy atom. The Morgan fingerprint density at radius 1 is 1.00 bits per heavy atom. The maximum absolute atomic E-state index is 12.3. The second-order valence-corrected chi connectivity index (χ2v) is 6.86. The molecule has 7 nitrogen and oxygen atoms in total. The molecule has 0 unspecified atom stereocenters. The molecule has 0 aromatic heterocycles. The standard InChI is InChI=1S/C19H29N5O2.ClH/c25-18(21-10-14-23-12-8-20-9-13-23)5-7-22-19(26)24-11-6-16-3-1-2-4-17(16)15-24;/h1-4,20H,5-15H2,(H,21,25)(H,22,26);1H. The van der Waals surface area contributed by atoms with Gasteiger partial charge in [0.15, 0.2) is 0 Å². The van der Waals surface area contributed by atoms with Crippen molar-refractivity contribution in [3.05, 3.63) is 35.4 Å². The van der Waals surface area contributed by atoms with Crippen LogP contribution < -0.4 is 16.0 Å². The fourth-order valence-corrected chi connectivity index (χ4v) is 3.44. The Labute approximate surface area is 167 Å². The number of carbonyl (C=O) groups excluding carboxylic acids is 2. The lowest BCUT2D eigenvalue weighted by Gasteiger charge is -2.29. The van der Waals surface area contributed by atoms with Gasteiger partial charge in [-0.15, -0.1) is 12.4 Å². The molecule has 1 aromatic rings. The van der Waals surface area contributed by atoms with E-state index in [1.54, 1.807) is 0 Å². The predicted octanol–water partition coefficient (Wildman–Crippen LogP) is 0.588. The molecule has 0 saturated carbocycles. The van der Waals surface area contributed by atoms with E-state index >= 15 is 0 Å². The van der Waals surface area contributed by atoms with Crippen LogP contribution in [-0.2, 0) is 17.8 Å². The van der Waals surface area contributed by atoms with Crippen LogP contribution in [0.2, 0.25) is 0 Å². The van der Waals surface area contributed by atoms with Crippen molar-refractivity contribution in [2.45, 2.75) is 19.4 Å². The average Bonchev–Trinajstić information content (AvgIpc) is 2.68. The molecule has 0 radical (unpaired) electrons. The Balaban J connectivity index is 0.00000261. The van der Waals surface area contributed by atoms with Gasteiger partial charge in [0.1, 0.15) is 0 Å². The third-order valence-corrected chi connectivity index (χ3v) is 5.01. The summed E-state index contributed by atoms with van der Waals surface area (Å²) in [6.45, 7) is 7.37. The minimum Gasteiger partial charge on any atom is -0.355 e. The maximum Gasteiger partial charge on any atom is 0.317 e. The normalized spacial score (nSPS) is 16.8. The summed E-state index contributed by atoms with van der Waals surface area (Å²) in [4.78, 5) is 28.3. The summed E-state index contributed by atoms with van der Waals surface area (Å²) in [5.74, 6) is -0.00979. The molecule has 3 rings (SSSR count). The van der Waals surface area contributed by atoms with E-state index in [4.69, 9.17) is 0 Å². The van der Waals surface area contributed by atoms with Crippen LogP contribution in [-0.4, -0.2) is 74.1 Å². The molecule has 150 valence electrons. The molecular formula is C19H30ClN5O2. The SMILES string of the molecule is Cl.O=C(CCNC(=O)N1CCc2ccccc2C1)NCCN1CCNCC1. The van der Waals surface area contributed by atoms with Crippen LogP contribution >= 0.6 is 12.4 Å². The van der Waals surface area contributed by atoms with E-state index in [0.717, 1.165) is 45.7 Å². The summed E-state index contributed by atoms with van der Waals surface area (Å²) in [5, 5.41) is 9.10. The van der Waals surface area contributed by atoms with E-state index in [-0.39, 0.29) is 24.3 Å². The lowest BCUT2D eigenvalue weighted by molar-refractivity contribution is -0.121. The van der Waals surface area contributed by atoms with Crippen molar-refractivity contribution < 1.29 is 9.59 Å². The van der Waals surface area contributed by atoms with E-state index in [0.29, 0.717) is 26.1 Å². The molecule has 0 aliphatic carbocycles.